The number of hydrogen-bond acceptors (Lipinski definition) is 2. The Labute approximate surface area is 102 Å². The van der Waals surface area contributed by atoms with Gasteiger partial charge in [0.15, 0.2) is 0 Å². The summed E-state index contributed by atoms with van der Waals surface area (Å²) in [5, 5.41) is 11.0. The van der Waals surface area contributed by atoms with Crippen molar-refractivity contribution in [1.29, 1.82) is 0 Å². The van der Waals surface area contributed by atoms with Gasteiger partial charge in [-0.05, 0) is 30.9 Å². The van der Waals surface area contributed by atoms with Gasteiger partial charge in [0.1, 0.15) is 0 Å². The van der Waals surface area contributed by atoms with Crippen LogP contribution in [0, 0.1) is 29.9 Å². The van der Waals surface area contributed by atoms with Crippen LogP contribution >= 0.6 is 0 Å². The van der Waals surface area contributed by atoms with Crippen LogP contribution in [-0.4, -0.2) is 4.92 Å². The van der Waals surface area contributed by atoms with Crippen molar-refractivity contribution in [1.82, 2.24) is 0 Å². The minimum absolute atomic E-state index is 0.278. The van der Waals surface area contributed by atoms with Crippen molar-refractivity contribution in [3.05, 3.63) is 50.7 Å². The van der Waals surface area contributed by atoms with E-state index in [-0.39, 0.29) is 16.5 Å². The second kappa shape index (κ2) is 5.62. The van der Waals surface area contributed by atoms with Crippen molar-refractivity contribution in [3.63, 3.8) is 0 Å². The fourth-order valence-electron chi connectivity index (χ4n) is 1.77. The number of nitro groups is 1. The van der Waals surface area contributed by atoms with Crippen LogP contribution in [0.2, 0.25) is 0 Å². The first-order valence-electron chi connectivity index (χ1n) is 5.82. The number of nitrogens with zero attached hydrogens (tertiary/aromatic N) is 1. The molecule has 0 saturated heterocycles. The molecule has 0 fully saturated rings. The third-order valence-corrected chi connectivity index (χ3v) is 2.60. The Morgan fingerprint density at radius 3 is 2.53 bits per heavy atom. The highest BCUT2D eigenvalue weighted by atomic mass is 16.6. The van der Waals surface area contributed by atoms with Gasteiger partial charge in [-0.25, -0.2) is 0 Å². The molecule has 1 aromatic rings. The van der Waals surface area contributed by atoms with Crippen LogP contribution < -0.4 is 0 Å². The zero-order valence-electron chi connectivity index (χ0n) is 10.9. The smallest absolute Gasteiger partial charge is 0.247 e. The van der Waals surface area contributed by atoms with Crippen molar-refractivity contribution in [2.24, 2.45) is 5.92 Å². The Hall–Kier alpha value is -1.64. The maximum absolute atomic E-state index is 11.0. The van der Waals surface area contributed by atoms with Crippen LogP contribution in [0.15, 0.2) is 23.9 Å². The molecule has 0 aliphatic carbocycles. The Morgan fingerprint density at radius 2 is 2.06 bits per heavy atom. The predicted octanol–water partition coefficient (Wildman–Crippen LogP) is 3.97. The molecule has 1 aromatic carbocycles. The van der Waals surface area contributed by atoms with Crippen LogP contribution in [-0.2, 0) is 0 Å². The summed E-state index contributed by atoms with van der Waals surface area (Å²) in [6.07, 6.45) is 2.19. The Bertz CT molecular complexity index is 448. The molecule has 0 amide bonds. The molecule has 1 rings (SSSR count). The van der Waals surface area contributed by atoms with Crippen molar-refractivity contribution in [3.8, 4) is 0 Å². The lowest BCUT2D eigenvalue weighted by Crippen LogP contribution is -2.02. The van der Waals surface area contributed by atoms with Gasteiger partial charge in [0.2, 0.25) is 5.70 Å². The Kier molecular flexibility index (Phi) is 4.44. The van der Waals surface area contributed by atoms with E-state index in [4.69, 9.17) is 0 Å². The summed E-state index contributed by atoms with van der Waals surface area (Å²) < 4.78 is 0. The fourth-order valence-corrected chi connectivity index (χ4v) is 1.77. The molecule has 0 aliphatic rings. The first-order chi connectivity index (χ1) is 7.90. The summed E-state index contributed by atoms with van der Waals surface area (Å²) in [6, 6.07) is 5.96. The Morgan fingerprint density at radius 1 is 1.41 bits per heavy atom. The van der Waals surface area contributed by atoms with Crippen molar-refractivity contribution in [2.45, 2.75) is 34.1 Å². The summed E-state index contributed by atoms with van der Waals surface area (Å²) in [7, 11) is 0. The number of aryl methyl sites for hydroxylation is 2. The SMILES string of the molecule is Cc1ccc(C=C(CC(C)C)[N+](=O)[O-])c(C)c1. The molecule has 3 heteroatoms. The zero-order valence-corrected chi connectivity index (χ0v) is 10.9. The van der Waals surface area contributed by atoms with E-state index in [0.29, 0.717) is 6.42 Å². The molecule has 0 saturated carbocycles. The zero-order chi connectivity index (χ0) is 13.0. The summed E-state index contributed by atoms with van der Waals surface area (Å²) in [5.41, 5.74) is 3.47. The molecule has 0 radical (unpaired) electrons. The first-order valence-corrected chi connectivity index (χ1v) is 5.82. The molecule has 0 bridgehead atoms. The lowest BCUT2D eigenvalue weighted by molar-refractivity contribution is -0.427. The van der Waals surface area contributed by atoms with E-state index in [0.717, 1.165) is 11.1 Å². The Balaban J connectivity index is 3.08. The van der Waals surface area contributed by atoms with Crippen LogP contribution in [0.5, 0.6) is 0 Å². The largest absolute Gasteiger partial charge is 0.259 e. The van der Waals surface area contributed by atoms with Gasteiger partial charge in [0.05, 0.1) is 4.92 Å². The van der Waals surface area contributed by atoms with Gasteiger partial charge >= 0.3 is 0 Å². The minimum atomic E-state index is -0.278. The maximum Gasteiger partial charge on any atom is 0.247 e. The normalized spacial score (nSPS) is 11.9. The van der Waals surface area contributed by atoms with E-state index in [1.54, 1.807) is 6.08 Å². The molecular weight excluding hydrogens is 214 g/mol. The first kappa shape index (κ1) is 13.4. The summed E-state index contributed by atoms with van der Waals surface area (Å²) in [5.74, 6) is 0.289. The van der Waals surface area contributed by atoms with Gasteiger partial charge in [-0.3, -0.25) is 10.1 Å². The molecule has 17 heavy (non-hydrogen) atoms. The second-order valence-electron chi connectivity index (χ2n) is 4.85. The highest BCUT2D eigenvalue weighted by Crippen LogP contribution is 2.18. The van der Waals surface area contributed by atoms with Gasteiger partial charge in [-0.15, -0.1) is 0 Å². The predicted molar refractivity (Wildman–Crippen MR) is 70.3 cm³/mol. The van der Waals surface area contributed by atoms with E-state index < -0.39 is 0 Å². The van der Waals surface area contributed by atoms with E-state index >= 15 is 0 Å². The number of hydrogen-bond donors (Lipinski definition) is 0. The van der Waals surface area contributed by atoms with E-state index in [1.165, 1.54) is 5.56 Å². The summed E-state index contributed by atoms with van der Waals surface area (Å²) >= 11 is 0. The fraction of sp³-hybridized carbons (Fsp3) is 0.429. The molecule has 0 N–H and O–H groups in total. The molecule has 0 aliphatic heterocycles. The van der Waals surface area contributed by atoms with Crippen LogP contribution in [0.25, 0.3) is 6.08 Å². The lowest BCUT2D eigenvalue weighted by Gasteiger charge is -2.05. The molecule has 0 spiro atoms. The van der Waals surface area contributed by atoms with Crippen LogP contribution in [0.4, 0.5) is 0 Å². The number of benzene rings is 1. The molecule has 0 aromatic heterocycles. The van der Waals surface area contributed by atoms with Crippen molar-refractivity contribution in [2.75, 3.05) is 0 Å². The average molecular weight is 233 g/mol. The molecule has 0 heterocycles. The highest BCUT2D eigenvalue weighted by Gasteiger charge is 2.13. The third-order valence-electron chi connectivity index (χ3n) is 2.60. The molecule has 0 atom stereocenters. The average Bonchev–Trinajstić information content (AvgIpc) is 2.19. The van der Waals surface area contributed by atoms with Gasteiger partial charge < -0.3 is 0 Å². The minimum Gasteiger partial charge on any atom is -0.259 e. The molecular formula is C14H19NO2. The van der Waals surface area contributed by atoms with E-state index in [1.807, 2.05) is 45.9 Å². The maximum atomic E-state index is 11.0. The summed E-state index contributed by atoms with van der Waals surface area (Å²) in [4.78, 5) is 10.7. The molecule has 0 unspecified atom stereocenters. The quantitative estimate of drug-likeness (QED) is 0.583. The van der Waals surface area contributed by atoms with Gasteiger partial charge in [-0.2, -0.15) is 0 Å². The highest BCUT2D eigenvalue weighted by molar-refractivity contribution is 5.55. The van der Waals surface area contributed by atoms with Crippen molar-refractivity contribution < 1.29 is 4.92 Å². The molecule has 92 valence electrons. The monoisotopic (exact) mass is 233 g/mol. The van der Waals surface area contributed by atoms with E-state index in [2.05, 4.69) is 0 Å². The molecule has 3 nitrogen and oxygen atoms in total. The number of rotatable bonds is 4. The second-order valence-corrected chi connectivity index (χ2v) is 4.85. The van der Waals surface area contributed by atoms with Gasteiger partial charge in [-0.1, -0.05) is 37.6 Å². The topological polar surface area (TPSA) is 43.1 Å². The van der Waals surface area contributed by atoms with E-state index in [9.17, 15) is 10.1 Å². The third kappa shape index (κ3) is 4.02. The standard InChI is InChI=1S/C14H19NO2/c1-10(2)7-14(15(16)17)9-13-6-5-11(3)8-12(13)4/h5-6,8-10H,7H2,1-4H3. The van der Waals surface area contributed by atoms with Crippen molar-refractivity contribution >= 4 is 6.08 Å². The lowest BCUT2D eigenvalue weighted by atomic mass is 10.0. The van der Waals surface area contributed by atoms with Gasteiger partial charge in [0, 0.05) is 12.5 Å². The summed E-state index contributed by atoms with van der Waals surface area (Å²) in [6.45, 7) is 7.97. The van der Waals surface area contributed by atoms with Crippen LogP contribution in [0.3, 0.4) is 0 Å². The van der Waals surface area contributed by atoms with Crippen LogP contribution in [0.1, 0.15) is 37.0 Å². The number of allylic oxidation sites excluding steroid dienone is 1. The van der Waals surface area contributed by atoms with Gasteiger partial charge in [0.25, 0.3) is 0 Å².